The second-order valence-corrected chi connectivity index (χ2v) is 1.61. The van der Waals surface area contributed by atoms with E-state index < -0.39 is 0 Å². The maximum Gasteiger partial charge on any atom is -0.00842 e. The Hall–Kier alpha value is 0.440. The molecular weight excluding hydrogens is 100 g/mol. The van der Waals surface area contributed by atoms with Gasteiger partial charge in [-0.3, -0.25) is 0 Å². The van der Waals surface area contributed by atoms with Gasteiger partial charge >= 0.3 is 0 Å². The zero-order chi connectivity index (χ0) is 4.12. The van der Waals surface area contributed by atoms with Gasteiger partial charge in [0.25, 0.3) is 0 Å². The van der Waals surface area contributed by atoms with Crippen LogP contribution in [-0.2, 0) is 0 Å². The lowest BCUT2D eigenvalue weighted by Gasteiger charge is -1.62. The van der Waals surface area contributed by atoms with E-state index in [1.54, 1.807) is 0 Å². The fourth-order valence-electron chi connectivity index (χ4n) is 0.0556. The number of allylic oxidation sites excluding steroid dienone is 1. The van der Waals surface area contributed by atoms with Crippen LogP contribution in [0.4, 0.5) is 0 Å². The monoisotopic (exact) mass is 105 g/mol. The molecule has 0 heterocycles. The zero-order valence-electron chi connectivity index (χ0n) is 2.97. The van der Waals surface area contributed by atoms with Gasteiger partial charge in [0, 0.05) is 0 Å². The zero-order valence-corrected chi connectivity index (χ0v) is 4.60. The maximum absolute atomic E-state index is 4.48. The Bertz CT molecular complexity index is 31.9. The standard InChI is InChI=1S/C3H5S2/c1-2-3-5-4/h2-3H,1H3. The highest BCUT2D eigenvalue weighted by molar-refractivity contribution is 8.69. The first kappa shape index (κ1) is 5.44. The minimum Gasteiger partial charge on any atom is -0.0804 e. The minimum atomic E-state index is 1.30. The molecule has 0 aromatic carbocycles. The molecule has 5 heavy (non-hydrogen) atoms. The van der Waals surface area contributed by atoms with Gasteiger partial charge in [0.05, 0.1) is 0 Å². The van der Waals surface area contributed by atoms with Crippen LogP contribution in [0.15, 0.2) is 11.5 Å². The molecule has 0 spiro atoms. The SMILES string of the molecule is CC=CS[S]. The van der Waals surface area contributed by atoms with Crippen molar-refractivity contribution in [3.05, 3.63) is 11.5 Å². The summed E-state index contributed by atoms with van der Waals surface area (Å²) in [5.74, 6) is 0. The van der Waals surface area contributed by atoms with Crippen LogP contribution in [-0.4, -0.2) is 0 Å². The Morgan fingerprint density at radius 2 is 2.40 bits per heavy atom. The van der Waals surface area contributed by atoms with Crippen LogP contribution in [0.1, 0.15) is 6.92 Å². The van der Waals surface area contributed by atoms with Crippen LogP contribution < -0.4 is 0 Å². The molecule has 0 unspecified atom stereocenters. The average molecular weight is 105 g/mol. The Kier molecular flexibility index (Phi) is 4.83. The highest BCUT2D eigenvalue weighted by Crippen LogP contribution is 2.03. The summed E-state index contributed by atoms with van der Waals surface area (Å²) in [7, 11) is 1.30. The molecule has 0 saturated carbocycles. The van der Waals surface area contributed by atoms with Gasteiger partial charge in [0.2, 0.25) is 0 Å². The Balaban J connectivity index is 2.62. The molecule has 2 heteroatoms. The van der Waals surface area contributed by atoms with E-state index in [2.05, 4.69) is 11.7 Å². The van der Waals surface area contributed by atoms with Gasteiger partial charge in [0.15, 0.2) is 0 Å². The molecule has 0 aliphatic heterocycles. The van der Waals surface area contributed by atoms with Crippen molar-refractivity contribution in [1.29, 1.82) is 0 Å². The molecule has 0 nitrogen and oxygen atoms in total. The third kappa shape index (κ3) is 4.44. The van der Waals surface area contributed by atoms with Crippen molar-refractivity contribution < 1.29 is 0 Å². The molecule has 1 radical (unpaired) electrons. The fourth-order valence-corrected chi connectivity index (χ4v) is 0.500. The smallest absolute Gasteiger partial charge is 0.00842 e. The Morgan fingerprint density at radius 3 is 2.40 bits per heavy atom. The van der Waals surface area contributed by atoms with Crippen molar-refractivity contribution in [1.82, 2.24) is 0 Å². The van der Waals surface area contributed by atoms with Crippen LogP contribution in [0.5, 0.6) is 0 Å². The molecule has 0 aromatic heterocycles. The highest BCUT2D eigenvalue weighted by Gasteiger charge is 1.54. The molecule has 0 saturated heterocycles. The van der Waals surface area contributed by atoms with Crippen molar-refractivity contribution in [3.8, 4) is 0 Å². The van der Waals surface area contributed by atoms with Gasteiger partial charge in [-0.1, -0.05) is 16.9 Å². The third-order valence-corrected chi connectivity index (χ3v) is 0.908. The van der Waals surface area contributed by atoms with Crippen LogP contribution >= 0.6 is 22.5 Å². The molecular formula is C3H5S2. The molecule has 0 atom stereocenters. The first-order valence-corrected chi connectivity index (χ1v) is 3.12. The Morgan fingerprint density at radius 1 is 1.80 bits per heavy atom. The van der Waals surface area contributed by atoms with Crippen molar-refractivity contribution in [2.75, 3.05) is 0 Å². The first-order chi connectivity index (χ1) is 2.41. The normalized spacial score (nSPS) is 10.0. The van der Waals surface area contributed by atoms with E-state index in [4.69, 9.17) is 0 Å². The minimum absolute atomic E-state index is 1.30. The van der Waals surface area contributed by atoms with Gasteiger partial charge in [0.1, 0.15) is 0 Å². The summed E-state index contributed by atoms with van der Waals surface area (Å²) in [5.41, 5.74) is 0. The number of hydrogen-bond acceptors (Lipinski definition) is 1. The lowest BCUT2D eigenvalue weighted by atomic mass is 10.8. The van der Waals surface area contributed by atoms with Crippen molar-refractivity contribution in [2.45, 2.75) is 6.92 Å². The van der Waals surface area contributed by atoms with E-state index in [-0.39, 0.29) is 0 Å². The van der Waals surface area contributed by atoms with Crippen LogP contribution in [0, 0.1) is 0 Å². The average Bonchev–Trinajstić information content (AvgIpc) is 1.41. The van der Waals surface area contributed by atoms with Crippen LogP contribution in [0.3, 0.4) is 0 Å². The van der Waals surface area contributed by atoms with E-state index in [1.165, 1.54) is 10.8 Å². The van der Waals surface area contributed by atoms with Gasteiger partial charge in [-0.25, -0.2) is 0 Å². The predicted octanol–water partition coefficient (Wildman–Crippen LogP) is 2.37. The van der Waals surface area contributed by atoms with E-state index in [0.717, 1.165) is 0 Å². The van der Waals surface area contributed by atoms with Gasteiger partial charge in [-0.05, 0) is 24.0 Å². The Labute approximate surface area is 41.5 Å². The molecule has 0 fully saturated rings. The summed E-state index contributed by atoms with van der Waals surface area (Å²) >= 11 is 4.48. The van der Waals surface area contributed by atoms with E-state index >= 15 is 0 Å². The highest BCUT2D eigenvalue weighted by atomic mass is 33.1. The van der Waals surface area contributed by atoms with Crippen LogP contribution in [0.25, 0.3) is 0 Å². The lowest BCUT2D eigenvalue weighted by Crippen LogP contribution is -1.27. The largest absolute Gasteiger partial charge is 0.0804 e. The van der Waals surface area contributed by atoms with Crippen molar-refractivity contribution in [3.63, 3.8) is 0 Å². The molecule has 0 aromatic rings. The first-order valence-electron chi connectivity index (χ1n) is 1.31. The summed E-state index contributed by atoms with van der Waals surface area (Å²) in [5, 5.41) is 1.86. The lowest BCUT2D eigenvalue weighted by molar-refractivity contribution is 1.79. The molecule has 0 aliphatic carbocycles. The quantitative estimate of drug-likeness (QED) is 0.461. The third-order valence-electron chi connectivity index (χ3n) is 0.192. The van der Waals surface area contributed by atoms with Crippen LogP contribution in [0.2, 0.25) is 0 Å². The van der Waals surface area contributed by atoms with E-state index in [1.807, 2.05) is 18.4 Å². The van der Waals surface area contributed by atoms with Gasteiger partial charge < -0.3 is 0 Å². The molecule has 0 rings (SSSR count). The second-order valence-electron chi connectivity index (χ2n) is 0.566. The molecule has 0 bridgehead atoms. The van der Waals surface area contributed by atoms with E-state index in [0.29, 0.717) is 0 Å². The van der Waals surface area contributed by atoms with Crippen molar-refractivity contribution in [2.24, 2.45) is 0 Å². The summed E-state index contributed by atoms with van der Waals surface area (Å²) in [6.07, 6.45) is 1.91. The molecule has 0 amide bonds. The number of hydrogen-bond donors (Lipinski definition) is 0. The summed E-state index contributed by atoms with van der Waals surface area (Å²) in [6.45, 7) is 1.94. The van der Waals surface area contributed by atoms with E-state index in [9.17, 15) is 0 Å². The molecule has 29 valence electrons. The summed E-state index contributed by atoms with van der Waals surface area (Å²) in [4.78, 5) is 0. The summed E-state index contributed by atoms with van der Waals surface area (Å²) < 4.78 is 0. The predicted molar refractivity (Wildman–Crippen MR) is 30.0 cm³/mol. The summed E-state index contributed by atoms with van der Waals surface area (Å²) in [6, 6.07) is 0. The fraction of sp³-hybridized carbons (Fsp3) is 0.333. The van der Waals surface area contributed by atoms with Crippen molar-refractivity contribution >= 4 is 22.5 Å². The topological polar surface area (TPSA) is 0 Å². The molecule has 0 aliphatic rings. The maximum atomic E-state index is 4.48. The second kappa shape index (κ2) is 4.44. The molecule has 0 N–H and O–H groups in total. The van der Waals surface area contributed by atoms with Gasteiger partial charge in [-0.15, -0.1) is 0 Å². The number of rotatable bonds is 1. The van der Waals surface area contributed by atoms with Gasteiger partial charge in [-0.2, -0.15) is 0 Å².